The second-order valence-corrected chi connectivity index (χ2v) is 15.0. The number of thioether (sulfide) groups is 2. The minimum absolute atomic E-state index is 0.00514. The molecule has 18 heteroatoms. The molecule has 0 aliphatic carbocycles. The lowest BCUT2D eigenvalue weighted by molar-refractivity contribution is -0.294. The van der Waals surface area contributed by atoms with Gasteiger partial charge in [0.05, 0.1) is 5.41 Å². The van der Waals surface area contributed by atoms with Crippen LogP contribution in [0.5, 0.6) is 0 Å². The number of thiazole rings is 1. The summed E-state index contributed by atoms with van der Waals surface area (Å²) >= 11 is 3.64. The molecule has 2 aliphatic rings. The molecule has 3 N–H and O–H groups in total. The minimum Gasteiger partial charge on any atom is -0.427 e. The lowest BCUT2D eigenvalue weighted by atomic mass is 9.98. The average molecular weight is 770 g/mol. The summed E-state index contributed by atoms with van der Waals surface area (Å²) in [4.78, 5) is 86.4. The van der Waals surface area contributed by atoms with E-state index in [0.29, 0.717) is 10.7 Å². The van der Waals surface area contributed by atoms with Crippen LogP contribution in [0.3, 0.4) is 0 Å². The molecule has 1 fully saturated rings. The number of esters is 2. The predicted molar refractivity (Wildman–Crippen MR) is 193 cm³/mol. The SMILES string of the molecule is CSC1=C(C(=O)OCOC(=O)C(C)(C)C)N2C(=O)C(NC(=O)C(=NOCC(=O)OOC(c3ccccc3)c3ccccc3)c3csc(N)n3)[C@@H]2SC1. The molecule has 2 aliphatic heterocycles. The summed E-state index contributed by atoms with van der Waals surface area (Å²) in [5, 5.41) is 7.40. The number of hydrogen-bond donors (Lipinski definition) is 2. The van der Waals surface area contributed by atoms with E-state index in [0.717, 1.165) is 22.5 Å². The van der Waals surface area contributed by atoms with Crippen LogP contribution in [0, 0.1) is 5.41 Å². The van der Waals surface area contributed by atoms with Crippen LogP contribution in [-0.2, 0) is 48.1 Å². The Hall–Kier alpha value is -4.91. The van der Waals surface area contributed by atoms with E-state index < -0.39 is 66.1 Å². The van der Waals surface area contributed by atoms with Crippen LogP contribution in [-0.4, -0.2) is 82.1 Å². The molecular weight excluding hydrogens is 735 g/mol. The Balaban J connectivity index is 1.22. The second-order valence-electron chi connectivity index (χ2n) is 12.1. The van der Waals surface area contributed by atoms with Crippen molar-refractivity contribution in [1.29, 1.82) is 0 Å². The summed E-state index contributed by atoms with van der Waals surface area (Å²) in [7, 11) is 0. The number of aromatic nitrogens is 1. The lowest BCUT2D eigenvalue weighted by Gasteiger charge is -2.49. The number of amides is 2. The normalized spacial score (nSPS) is 17.2. The predicted octanol–water partition coefficient (Wildman–Crippen LogP) is 3.77. The zero-order valence-electron chi connectivity index (χ0n) is 28.4. The van der Waals surface area contributed by atoms with Gasteiger partial charge in [0.1, 0.15) is 22.8 Å². The van der Waals surface area contributed by atoms with Gasteiger partial charge in [-0.3, -0.25) is 24.2 Å². The smallest absolute Gasteiger partial charge is 0.382 e. The quantitative estimate of drug-likeness (QED) is 0.0600. The molecule has 0 bridgehead atoms. The number of benzene rings is 2. The first-order valence-corrected chi connectivity index (χ1v) is 18.8. The van der Waals surface area contributed by atoms with E-state index in [1.54, 1.807) is 27.0 Å². The number of anilines is 1. The van der Waals surface area contributed by atoms with Gasteiger partial charge >= 0.3 is 17.9 Å². The topological polar surface area (TPSA) is 198 Å². The molecule has 2 aromatic carbocycles. The fourth-order valence-corrected chi connectivity index (χ4v) is 7.60. The van der Waals surface area contributed by atoms with E-state index in [9.17, 15) is 24.0 Å². The first kappa shape index (κ1) is 38.3. The van der Waals surface area contributed by atoms with Crippen LogP contribution >= 0.6 is 34.9 Å². The molecule has 1 aromatic heterocycles. The number of ether oxygens (including phenoxy) is 2. The summed E-state index contributed by atoms with van der Waals surface area (Å²) in [6.07, 6.45) is 1.03. The maximum Gasteiger partial charge on any atom is 0.382 e. The number of nitrogens with two attached hydrogens (primary N) is 1. The van der Waals surface area contributed by atoms with E-state index in [4.69, 9.17) is 29.8 Å². The molecule has 2 atom stereocenters. The van der Waals surface area contributed by atoms with E-state index in [2.05, 4.69) is 15.5 Å². The van der Waals surface area contributed by atoms with Gasteiger partial charge in [-0.1, -0.05) is 65.8 Å². The molecule has 1 unspecified atom stereocenters. The monoisotopic (exact) mass is 769 g/mol. The fraction of sp³-hybridized carbons (Fsp3) is 0.324. The van der Waals surface area contributed by atoms with Gasteiger partial charge in [0, 0.05) is 16.0 Å². The van der Waals surface area contributed by atoms with E-state index in [1.807, 2.05) is 60.7 Å². The van der Waals surface area contributed by atoms with Gasteiger partial charge in [-0.15, -0.1) is 34.9 Å². The number of nitrogens with one attached hydrogen (secondary N) is 1. The second kappa shape index (κ2) is 17.1. The number of β-lactam (4-membered cyclic amide) rings is 1. The Labute approximate surface area is 311 Å². The fourth-order valence-electron chi connectivity index (χ4n) is 4.80. The van der Waals surface area contributed by atoms with Crippen molar-refractivity contribution < 1.29 is 48.1 Å². The van der Waals surface area contributed by atoms with Gasteiger partial charge in [0.2, 0.25) is 13.4 Å². The molecule has 0 radical (unpaired) electrons. The van der Waals surface area contributed by atoms with Crippen molar-refractivity contribution in [3.05, 3.63) is 93.5 Å². The summed E-state index contributed by atoms with van der Waals surface area (Å²) in [6, 6.07) is 17.3. The molecule has 274 valence electrons. The summed E-state index contributed by atoms with van der Waals surface area (Å²) in [5.41, 5.74) is 6.16. The molecule has 3 aromatic rings. The first-order valence-electron chi connectivity index (χ1n) is 15.6. The van der Waals surface area contributed by atoms with E-state index in [-0.39, 0.29) is 22.2 Å². The third kappa shape index (κ3) is 9.11. The van der Waals surface area contributed by atoms with Crippen molar-refractivity contribution in [2.75, 3.05) is 31.1 Å². The largest absolute Gasteiger partial charge is 0.427 e. The molecule has 15 nitrogen and oxygen atoms in total. The van der Waals surface area contributed by atoms with Gasteiger partial charge in [-0.05, 0) is 38.2 Å². The van der Waals surface area contributed by atoms with E-state index >= 15 is 0 Å². The number of hydrogen-bond acceptors (Lipinski definition) is 16. The maximum atomic E-state index is 13.5. The molecule has 1 saturated heterocycles. The van der Waals surface area contributed by atoms with Gasteiger partial charge in [-0.25, -0.2) is 14.6 Å². The van der Waals surface area contributed by atoms with Crippen molar-refractivity contribution in [1.82, 2.24) is 15.2 Å². The molecule has 3 heterocycles. The number of oxime groups is 1. The number of fused-ring (bicyclic) bond motifs is 1. The van der Waals surface area contributed by atoms with Crippen LogP contribution in [0.25, 0.3) is 0 Å². The van der Waals surface area contributed by atoms with Gasteiger partial charge in [-0.2, -0.15) is 4.89 Å². The third-order valence-electron chi connectivity index (χ3n) is 7.41. The van der Waals surface area contributed by atoms with Crippen molar-refractivity contribution in [2.45, 2.75) is 38.3 Å². The van der Waals surface area contributed by atoms with E-state index in [1.165, 1.54) is 33.8 Å². The number of carbonyl (C=O) groups is 5. The summed E-state index contributed by atoms with van der Waals surface area (Å²) in [6.45, 7) is 3.61. The number of carbonyl (C=O) groups excluding carboxylic acids is 5. The Morgan fingerprint density at radius 3 is 2.29 bits per heavy atom. The first-order chi connectivity index (χ1) is 24.9. The number of nitrogens with zero attached hydrogens (tertiary/aromatic N) is 3. The highest BCUT2D eigenvalue weighted by Gasteiger charge is 2.55. The Bertz CT molecular complexity index is 1820. The van der Waals surface area contributed by atoms with Gasteiger partial charge < -0.3 is 25.4 Å². The molecule has 0 saturated carbocycles. The van der Waals surface area contributed by atoms with Crippen LogP contribution in [0.15, 0.2) is 81.8 Å². The minimum atomic E-state index is -1.06. The number of nitrogen functional groups attached to an aromatic ring is 1. The van der Waals surface area contributed by atoms with Gasteiger partial charge in [0.15, 0.2) is 16.9 Å². The molecule has 5 rings (SSSR count). The summed E-state index contributed by atoms with van der Waals surface area (Å²) in [5.74, 6) is -3.43. The highest BCUT2D eigenvalue weighted by Crippen LogP contribution is 2.43. The average Bonchev–Trinajstić information content (AvgIpc) is 3.57. The van der Waals surface area contributed by atoms with Crippen LogP contribution < -0.4 is 11.1 Å². The maximum absolute atomic E-state index is 13.5. The highest BCUT2D eigenvalue weighted by atomic mass is 32.2. The van der Waals surface area contributed by atoms with Crippen LogP contribution in [0.2, 0.25) is 0 Å². The molecule has 0 spiro atoms. The standard InChI is InChI=1S/C34H35N5O10S3/c1-34(2,3)32(44)46-18-45-31(43)26-22(50-4)17-51-30-25(29(42)39(26)30)37-28(41)24(21-16-52-33(35)36-21)38-47-15-23(40)48-49-27(19-11-7-5-8-12-19)20-13-9-6-10-14-20/h5-14,16,25,27,30H,15,17-18H2,1-4H3,(H2,35,36)(H,37,41)/t25?,30-/m0/s1. The van der Waals surface area contributed by atoms with Crippen LogP contribution in [0.4, 0.5) is 5.13 Å². The third-order valence-corrected chi connectivity index (χ3v) is 10.4. The zero-order chi connectivity index (χ0) is 37.4. The number of rotatable bonds is 14. The van der Waals surface area contributed by atoms with Crippen molar-refractivity contribution in [2.24, 2.45) is 10.6 Å². The Morgan fingerprint density at radius 2 is 1.71 bits per heavy atom. The highest BCUT2D eigenvalue weighted by molar-refractivity contribution is 8.05. The zero-order valence-corrected chi connectivity index (χ0v) is 30.9. The Morgan fingerprint density at radius 1 is 1.06 bits per heavy atom. The molecule has 52 heavy (non-hydrogen) atoms. The summed E-state index contributed by atoms with van der Waals surface area (Å²) < 4.78 is 10.2. The van der Waals surface area contributed by atoms with Crippen molar-refractivity contribution in [3.63, 3.8) is 0 Å². The lowest BCUT2D eigenvalue weighted by Crippen LogP contribution is -2.71. The van der Waals surface area contributed by atoms with Crippen molar-refractivity contribution in [3.8, 4) is 0 Å². The van der Waals surface area contributed by atoms with Gasteiger partial charge in [0.25, 0.3) is 11.8 Å². The molecular formula is C34H35N5O10S3. The molecule has 2 amide bonds. The van der Waals surface area contributed by atoms with Crippen molar-refractivity contribution >= 4 is 75.4 Å². The Kier molecular flexibility index (Phi) is 12.6. The van der Waals surface area contributed by atoms with Crippen LogP contribution in [0.1, 0.15) is 43.7 Å².